The Morgan fingerprint density at radius 3 is 2.71 bits per heavy atom. The summed E-state index contributed by atoms with van der Waals surface area (Å²) >= 11 is 0. The summed E-state index contributed by atoms with van der Waals surface area (Å²) in [6, 6.07) is -0.881. The predicted octanol–water partition coefficient (Wildman–Crippen LogP) is 1.34. The second-order valence-electron chi connectivity index (χ2n) is 3.67. The third kappa shape index (κ3) is 8.45. The fourth-order valence-corrected chi connectivity index (χ4v) is 1.14. The molecule has 17 heavy (non-hydrogen) atoms. The van der Waals surface area contributed by atoms with Crippen LogP contribution in [-0.2, 0) is 14.3 Å². The summed E-state index contributed by atoms with van der Waals surface area (Å²) in [5.41, 5.74) is 0. The molecule has 0 radical (unpaired) electrons. The van der Waals surface area contributed by atoms with E-state index in [4.69, 9.17) is 9.84 Å². The Balaban J connectivity index is 3.91. The number of aliphatic carboxylic acids is 1. The van der Waals surface area contributed by atoms with Crippen LogP contribution in [-0.4, -0.2) is 36.2 Å². The summed E-state index contributed by atoms with van der Waals surface area (Å²) < 4.78 is 5.10. The van der Waals surface area contributed by atoms with E-state index in [2.05, 4.69) is 5.32 Å². The Morgan fingerprint density at radius 1 is 1.47 bits per heavy atom. The molecule has 0 rings (SSSR count). The van der Waals surface area contributed by atoms with Crippen LogP contribution in [0.25, 0.3) is 0 Å². The minimum atomic E-state index is -1.04. The van der Waals surface area contributed by atoms with Gasteiger partial charge in [0.25, 0.3) is 0 Å². The van der Waals surface area contributed by atoms with Gasteiger partial charge >= 0.3 is 5.97 Å². The molecule has 0 aliphatic heterocycles. The number of carboxylic acid groups (broad SMARTS) is 1. The normalized spacial score (nSPS) is 12.6. The maximum absolute atomic E-state index is 11.4. The van der Waals surface area contributed by atoms with Gasteiger partial charge in [-0.2, -0.15) is 0 Å². The molecule has 0 aromatic rings. The third-order valence-electron chi connectivity index (χ3n) is 2.12. The van der Waals surface area contributed by atoms with Crippen LogP contribution in [0.2, 0.25) is 0 Å². The summed E-state index contributed by atoms with van der Waals surface area (Å²) in [4.78, 5) is 22.2. The molecule has 0 aromatic heterocycles. The predicted molar refractivity (Wildman–Crippen MR) is 64.7 cm³/mol. The number of rotatable bonds is 9. The van der Waals surface area contributed by atoms with Gasteiger partial charge in [0.05, 0.1) is 0 Å². The van der Waals surface area contributed by atoms with Crippen molar-refractivity contribution in [1.29, 1.82) is 0 Å². The van der Waals surface area contributed by atoms with Crippen molar-refractivity contribution in [1.82, 2.24) is 5.32 Å². The number of ether oxygens (including phenoxy) is 1. The molecule has 0 saturated carbocycles. The monoisotopic (exact) mass is 243 g/mol. The van der Waals surface area contributed by atoms with Gasteiger partial charge in [0.2, 0.25) is 5.91 Å². The number of carbonyl (C=O) groups is 2. The number of hydrogen-bond acceptors (Lipinski definition) is 3. The van der Waals surface area contributed by atoms with E-state index in [-0.39, 0.29) is 13.0 Å². The zero-order valence-corrected chi connectivity index (χ0v) is 10.4. The summed E-state index contributed by atoms with van der Waals surface area (Å²) in [5, 5.41) is 11.3. The summed E-state index contributed by atoms with van der Waals surface area (Å²) in [6.07, 6.45) is 5.64. The van der Waals surface area contributed by atoms with E-state index in [0.717, 1.165) is 12.8 Å². The summed E-state index contributed by atoms with van der Waals surface area (Å²) in [7, 11) is 0. The second-order valence-corrected chi connectivity index (χ2v) is 3.67. The van der Waals surface area contributed by atoms with Crippen molar-refractivity contribution < 1.29 is 19.4 Å². The zero-order chi connectivity index (χ0) is 13.1. The van der Waals surface area contributed by atoms with Crippen LogP contribution in [0.1, 0.15) is 33.1 Å². The molecule has 0 fully saturated rings. The highest BCUT2D eigenvalue weighted by Crippen LogP contribution is 1.95. The number of allylic oxidation sites excluding steroid dienone is 1. The first-order chi connectivity index (χ1) is 8.11. The maximum Gasteiger partial charge on any atom is 0.326 e. The van der Waals surface area contributed by atoms with E-state index in [9.17, 15) is 9.59 Å². The van der Waals surface area contributed by atoms with Gasteiger partial charge in [-0.1, -0.05) is 25.5 Å². The van der Waals surface area contributed by atoms with Gasteiger partial charge in [0, 0.05) is 6.61 Å². The molecular formula is C12H21NO4. The molecule has 0 bridgehead atoms. The van der Waals surface area contributed by atoms with Crippen molar-refractivity contribution in [3.63, 3.8) is 0 Å². The molecule has 0 saturated heterocycles. The molecule has 0 spiro atoms. The fraction of sp³-hybridized carbons (Fsp3) is 0.667. The summed E-state index contributed by atoms with van der Waals surface area (Å²) in [6.45, 7) is 4.27. The van der Waals surface area contributed by atoms with Gasteiger partial charge in [-0.25, -0.2) is 4.79 Å². The molecule has 98 valence electrons. The van der Waals surface area contributed by atoms with E-state index >= 15 is 0 Å². The molecule has 5 nitrogen and oxygen atoms in total. The van der Waals surface area contributed by atoms with E-state index in [1.54, 1.807) is 19.1 Å². The summed E-state index contributed by atoms with van der Waals surface area (Å²) in [5.74, 6) is -1.43. The van der Waals surface area contributed by atoms with Crippen molar-refractivity contribution in [2.24, 2.45) is 0 Å². The van der Waals surface area contributed by atoms with Crippen LogP contribution >= 0.6 is 0 Å². The Morgan fingerprint density at radius 2 is 2.18 bits per heavy atom. The number of carbonyl (C=O) groups excluding carboxylic acids is 1. The first kappa shape index (κ1) is 15.6. The lowest BCUT2D eigenvalue weighted by Crippen LogP contribution is -2.42. The molecule has 0 aromatic carbocycles. The highest BCUT2D eigenvalue weighted by atomic mass is 16.5. The minimum absolute atomic E-state index is 0.0837. The van der Waals surface area contributed by atoms with Crippen molar-refractivity contribution >= 4 is 11.9 Å². The third-order valence-corrected chi connectivity index (χ3v) is 2.12. The van der Waals surface area contributed by atoms with E-state index in [1.165, 1.54) is 0 Å². The first-order valence-corrected chi connectivity index (χ1v) is 5.82. The van der Waals surface area contributed by atoms with E-state index in [1.807, 2.05) is 6.92 Å². The van der Waals surface area contributed by atoms with Crippen molar-refractivity contribution in [3.8, 4) is 0 Å². The maximum atomic E-state index is 11.4. The van der Waals surface area contributed by atoms with Gasteiger partial charge in [-0.3, -0.25) is 4.79 Å². The smallest absolute Gasteiger partial charge is 0.326 e. The average Bonchev–Trinajstić information content (AvgIpc) is 2.29. The Labute approximate surface area is 102 Å². The minimum Gasteiger partial charge on any atom is -0.480 e. The van der Waals surface area contributed by atoms with Crippen LogP contribution in [0.4, 0.5) is 0 Å². The molecule has 1 amide bonds. The van der Waals surface area contributed by atoms with Gasteiger partial charge in [0.15, 0.2) is 0 Å². The topological polar surface area (TPSA) is 75.6 Å². The molecule has 1 unspecified atom stereocenters. The zero-order valence-electron chi connectivity index (χ0n) is 10.4. The molecule has 1 atom stereocenters. The van der Waals surface area contributed by atoms with Gasteiger partial charge < -0.3 is 15.2 Å². The fourth-order valence-electron chi connectivity index (χ4n) is 1.14. The van der Waals surface area contributed by atoms with E-state index in [0.29, 0.717) is 6.61 Å². The second kappa shape index (κ2) is 9.84. The van der Waals surface area contributed by atoms with Crippen LogP contribution in [0.15, 0.2) is 12.2 Å². The number of hydrogen-bond donors (Lipinski definition) is 2. The van der Waals surface area contributed by atoms with Crippen molar-refractivity contribution in [3.05, 3.63) is 12.2 Å². The highest BCUT2D eigenvalue weighted by molar-refractivity contribution is 5.84. The molecule has 5 heteroatoms. The number of carboxylic acids is 1. The van der Waals surface area contributed by atoms with Crippen LogP contribution < -0.4 is 5.32 Å². The van der Waals surface area contributed by atoms with Gasteiger partial charge in [-0.05, 0) is 19.8 Å². The SMILES string of the molecule is C/C=C/CC(NC(=O)COCCCC)C(=O)O. The number of unbranched alkanes of at least 4 members (excludes halogenated alkanes) is 1. The Hall–Kier alpha value is -1.36. The Kier molecular flexibility index (Phi) is 9.05. The lowest BCUT2D eigenvalue weighted by molar-refractivity contribution is -0.142. The standard InChI is InChI=1S/C12H21NO4/c1-3-5-7-10(12(15)16)13-11(14)9-17-8-6-4-2/h3,5,10H,4,6-9H2,1-2H3,(H,13,14)(H,15,16)/b5-3+. The van der Waals surface area contributed by atoms with Gasteiger partial charge in [-0.15, -0.1) is 0 Å². The quantitative estimate of drug-likeness (QED) is 0.473. The van der Waals surface area contributed by atoms with Crippen LogP contribution in [0.3, 0.4) is 0 Å². The lowest BCUT2D eigenvalue weighted by Gasteiger charge is -2.12. The Bertz CT molecular complexity index is 263. The van der Waals surface area contributed by atoms with Crippen LogP contribution in [0, 0.1) is 0 Å². The van der Waals surface area contributed by atoms with E-state index < -0.39 is 17.9 Å². The average molecular weight is 243 g/mol. The molecular weight excluding hydrogens is 222 g/mol. The lowest BCUT2D eigenvalue weighted by atomic mass is 10.2. The highest BCUT2D eigenvalue weighted by Gasteiger charge is 2.17. The largest absolute Gasteiger partial charge is 0.480 e. The first-order valence-electron chi connectivity index (χ1n) is 5.82. The number of amides is 1. The molecule has 0 heterocycles. The molecule has 2 N–H and O–H groups in total. The van der Waals surface area contributed by atoms with Gasteiger partial charge in [0.1, 0.15) is 12.6 Å². The van der Waals surface area contributed by atoms with Crippen molar-refractivity contribution in [2.45, 2.75) is 39.2 Å². The van der Waals surface area contributed by atoms with Crippen molar-refractivity contribution in [2.75, 3.05) is 13.2 Å². The van der Waals surface area contributed by atoms with Crippen LogP contribution in [0.5, 0.6) is 0 Å². The number of nitrogens with one attached hydrogen (secondary N) is 1. The molecule has 0 aliphatic rings. The molecule has 0 aliphatic carbocycles.